The van der Waals surface area contributed by atoms with Gasteiger partial charge in [0.1, 0.15) is 5.82 Å². The second-order valence-electron chi connectivity index (χ2n) is 3.43. The van der Waals surface area contributed by atoms with Gasteiger partial charge in [-0.1, -0.05) is 20.3 Å². The smallest absolute Gasteiger partial charge is 0.148 e. The zero-order valence-corrected chi connectivity index (χ0v) is 8.02. The van der Waals surface area contributed by atoms with E-state index in [0.29, 0.717) is 11.7 Å². The molecule has 0 spiro atoms. The zero-order valence-electron chi connectivity index (χ0n) is 8.02. The van der Waals surface area contributed by atoms with Crippen molar-refractivity contribution in [2.24, 2.45) is 5.92 Å². The summed E-state index contributed by atoms with van der Waals surface area (Å²) in [6.45, 7) is 6.44. The number of nitrogens with zero attached hydrogens (tertiary/aromatic N) is 1. The Balaban J connectivity index is 2.69. The normalized spacial score (nSPS) is 13.2. The number of hydrogen-bond acceptors (Lipinski definition) is 2. The molecule has 0 saturated heterocycles. The van der Waals surface area contributed by atoms with Gasteiger partial charge in [-0.2, -0.15) is 5.10 Å². The Morgan fingerprint density at radius 3 is 2.67 bits per heavy atom. The van der Waals surface area contributed by atoms with E-state index in [9.17, 15) is 0 Å². The fourth-order valence-corrected chi connectivity index (χ4v) is 1.14. The molecule has 0 bridgehead atoms. The van der Waals surface area contributed by atoms with Gasteiger partial charge in [0.2, 0.25) is 0 Å². The molecule has 1 rings (SSSR count). The van der Waals surface area contributed by atoms with Crippen LogP contribution < -0.4 is 5.73 Å². The summed E-state index contributed by atoms with van der Waals surface area (Å²) in [4.78, 5) is 0. The fourth-order valence-electron chi connectivity index (χ4n) is 1.14. The molecule has 0 aliphatic rings. The highest BCUT2D eigenvalue weighted by Gasteiger charge is 2.08. The molecule has 68 valence electrons. The first-order valence-electron chi connectivity index (χ1n) is 4.44. The van der Waals surface area contributed by atoms with Gasteiger partial charge < -0.3 is 5.73 Å². The molecule has 1 atom stereocenters. The van der Waals surface area contributed by atoms with Crippen LogP contribution in [0, 0.1) is 12.8 Å². The molecule has 0 saturated carbocycles. The van der Waals surface area contributed by atoms with E-state index in [1.54, 1.807) is 0 Å². The van der Waals surface area contributed by atoms with Crippen LogP contribution in [-0.4, -0.2) is 10.2 Å². The maximum absolute atomic E-state index is 5.62. The fraction of sp³-hybridized carbons (Fsp3) is 0.667. The molecule has 0 aliphatic carbocycles. The van der Waals surface area contributed by atoms with E-state index in [0.717, 1.165) is 12.0 Å². The number of aromatic amines is 1. The maximum atomic E-state index is 5.62. The van der Waals surface area contributed by atoms with Gasteiger partial charge in [-0.15, -0.1) is 0 Å². The van der Waals surface area contributed by atoms with E-state index in [-0.39, 0.29) is 0 Å². The van der Waals surface area contributed by atoms with Crippen LogP contribution in [0.1, 0.15) is 31.5 Å². The molecule has 3 heteroatoms. The number of hydrogen-bond donors (Lipinski definition) is 2. The lowest BCUT2D eigenvalue weighted by molar-refractivity contribution is 0.550. The summed E-state index contributed by atoms with van der Waals surface area (Å²) >= 11 is 0. The van der Waals surface area contributed by atoms with Crippen molar-refractivity contribution in [1.82, 2.24) is 10.2 Å². The largest absolute Gasteiger partial charge is 0.382 e. The van der Waals surface area contributed by atoms with Crippen molar-refractivity contribution in [3.8, 4) is 0 Å². The van der Waals surface area contributed by atoms with E-state index in [2.05, 4.69) is 24.0 Å². The van der Waals surface area contributed by atoms with Crippen LogP contribution >= 0.6 is 0 Å². The van der Waals surface area contributed by atoms with Crippen LogP contribution in [0.15, 0.2) is 0 Å². The first kappa shape index (κ1) is 9.10. The Labute approximate surface area is 73.4 Å². The van der Waals surface area contributed by atoms with Gasteiger partial charge in [-0.3, -0.25) is 5.10 Å². The number of aromatic nitrogens is 2. The number of anilines is 1. The van der Waals surface area contributed by atoms with Crippen LogP contribution in [0.3, 0.4) is 0 Å². The Kier molecular flexibility index (Phi) is 2.74. The summed E-state index contributed by atoms with van der Waals surface area (Å²) in [7, 11) is 0. The second kappa shape index (κ2) is 3.61. The first-order valence-corrected chi connectivity index (χ1v) is 4.44. The van der Waals surface area contributed by atoms with Crippen LogP contribution in [0.4, 0.5) is 5.82 Å². The highest BCUT2D eigenvalue weighted by atomic mass is 15.2. The van der Waals surface area contributed by atoms with Gasteiger partial charge in [-0.25, -0.2) is 0 Å². The zero-order chi connectivity index (χ0) is 9.14. The van der Waals surface area contributed by atoms with E-state index >= 15 is 0 Å². The van der Waals surface area contributed by atoms with Gasteiger partial charge in [0.15, 0.2) is 0 Å². The first-order chi connectivity index (χ1) is 5.65. The predicted octanol–water partition coefficient (Wildman–Crippen LogP) is 1.89. The lowest BCUT2D eigenvalue weighted by Gasteiger charge is -2.06. The van der Waals surface area contributed by atoms with Crippen molar-refractivity contribution in [3.63, 3.8) is 0 Å². The summed E-state index contributed by atoms with van der Waals surface area (Å²) < 4.78 is 0. The van der Waals surface area contributed by atoms with E-state index in [1.807, 2.05) is 6.92 Å². The van der Waals surface area contributed by atoms with Gasteiger partial charge in [-0.05, 0) is 19.3 Å². The van der Waals surface area contributed by atoms with Crippen molar-refractivity contribution in [1.29, 1.82) is 0 Å². The van der Waals surface area contributed by atoms with Crippen molar-refractivity contribution in [2.45, 2.75) is 33.6 Å². The van der Waals surface area contributed by atoms with E-state index in [1.165, 1.54) is 12.1 Å². The average Bonchev–Trinajstić information content (AvgIpc) is 2.36. The Morgan fingerprint density at radius 1 is 1.58 bits per heavy atom. The van der Waals surface area contributed by atoms with Crippen molar-refractivity contribution < 1.29 is 0 Å². The topological polar surface area (TPSA) is 54.7 Å². The van der Waals surface area contributed by atoms with Crippen molar-refractivity contribution >= 4 is 5.82 Å². The molecule has 0 fully saturated rings. The number of nitrogens with one attached hydrogen (secondary N) is 1. The second-order valence-corrected chi connectivity index (χ2v) is 3.43. The van der Waals surface area contributed by atoms with Gasteiger partial charge >= 0.3 is 0 Å². The highest BCUT2D eigenvalue weighted by Crippen LogP contribution is 2.16. The molecule has 1 aromatic heterocycles. The standard InChI is InChI=1S/C9H17N3/c1-4-6(2)5-8-7(3)9(10)12-11-8/h6H,4-5H2,1-3H3,(H3,10,11,12). The summed E-state index contributed by atoms with van der Waals surface area (Å²) in [5.74, 6) is 1.33. The van der Waals surface area contributed by atoms with E-state index < -0.39 is 0 Å². The molecule has 0 radical (unpaired) electrons. The lowest BCUT2D eigenvalue weighted by Crippen LogP contribution is -1.99. The molecule has 0 aliphatic heterocycles. The molecule has 3 N–H and O–H groups in total. The molecule has 1 unspecified atom stereocenters. The number of nitrogens with two attached hydrogens (primary N) is 1. The minimum absolute atomic E-state index is 0.633. The minimum atomic E-state index is 0.633. The van der Waals surface area contributed by atoms with Crippen molar-refractivity contribution in [2.75, 3.05) is 5.73 Å². The third-order valence-electron chi connectivity index (χ3n) is 2.40. The molecular formula is C9H17N3. The quantitative estimate of drug-likeness (QED) is 0.722. The van der Waals surface area contributed by atoms with Crippen LogP contribution in [0.2, 0.25) is 0 Å². The third kappa shape index (κ3) is 1.78. The molecule has 1 heterocycles. The third-order valence-corrected chi connectivity index (χ3v) is 2.40. The maximum Gasteiger partial charge on any atom is 0.148 e. The molecular weight excluding hydrogens is 150 g/mol. The van der Waals surface area contributed by atoms with Crippen LogP contribution in [0.5, 0.6) is 0 Å². The monoisotopic (exact) mass is 167 g/mol. The molecule has 12 heavy (non-hydrogen) atoms. The summed E-state index contributed by atoms with van der Waals surface area (Å²) in [5, 5.41) is 6.92. The summed E-state index contributed by atoms with van der Waals surface area (Å²) in [5.41, 5.74) is 7.90. The van der Waals surface area contributed by atoms with Gasteiger partial charge in [0.25, 0.3) is 0 Å². The minimum Gasteiger partial charge on any atom is -0.382 e. The predicted molar refractivity (Wildman–Crippen MR) is 50.9 cm³/mol. The highest BCUT2D eigenvalue weighted by molar-refractivity contribution is 5.40. The Bertz CT molecular complexity index is 252. The van der Waals surface area contributed by atoms with Gasteiger partial charge in [0, 0.05) is 11.3 Å². The molecule has 1 aromatic rings. The van der Waals surface area contributed by atoms with Crippen LogP contribution in [-0.2, 0) is 6.42 Å². The summed E-state index contributed by atoms with van der Waals surface area (Å²) in [6.07, 6.45) is 2.24. The van der Waals surface area contributed by atoms with Crippen LogP contribution in [0.25, 0.3) is 0 Å². The molecule has 0 aromatic carbocycles. The molecule has 0 amide bonds. The number of H-pyrrole nitrogens is 1. The number of nitrogen functional groups attached to an aromatic ring is 1. The molecule has 3 nitrogen and oxygen atoms in total. The average molecular weight is 167 g/mol. The Hall–Kier alpha value is -0.990. The lowest BCUT2D eigenvalue weighted by atomic mass is 10.0. The van der Waals surface area contributed by atoms with Crippen molar-refractivity contribution in [3.05, 3.63) is 11.3 Å². The SMILES string of the molecule is CCC(C)Cc1[nH]nc(N)c1C. The number of rotatable bonds is 3. The van der Waals surface area contributed by atoms with E-state index in [4.69, 9.17) is 5.73 Å². The Morgan fingerprint density at radius 2 is 2.25 bits per heavy atom. The van der Waals surface area contributed by atoms with Gasteiger partial charge in [0.05, 0.1) is 0 Å². The summed E-state index contributed by atoms with van der Waals surface area (Å²) in [6, 6.07) is 0.